The molecule has 1 saturated carbocycles. The van der Waals surface area contributed by atoms with Crippen LogP contribution in [0.2, 0.25) is 0 Å². The van der Waals surface area contributed by atoms with Crippen molar-refractivity contribution in [2.45, 2.75) is 58.0 Å². The molecule has 1 aliphatic carbocycles. The zero-order valence-corrected chi connectivity index (χ0v) is 12.3. The number of hydrogen-bond donors (Lipinski definition) is 2. The third kappa shape index (κ3) is 4.18. The van der Waals surface area contributed by atoms with Crippen molar-refractivity contribution in [2.24, 2.45) is 11.8 Å². The molecule has 1 heterocycles. The molecule has 19 heavy (non-hydrogen) atoms. The first-order valence-corrected chi connectivity index (χ1v) is 7.76. The van der Waals surface area contributed by atoms with Gasteiger partial charge in [0.2, 0.25) is 0 Å². The van der Waals surface area contributed by atoms with Crippen molar-refractivity contribution in [1.29, 1.82) is 0 Å². The molecule has 2 aliphatic rings. The summed E-state index contributed by atoms with van der Waals surface area (Å²) < 4.78 is 0. The lowest BCUT2D eigenvalue weighted by atomic mass is 9.86. The lowest BCUT2D eigenvalue weighted by Gasteiger charge is -2.44. The van der Waals surface area contributed by atoms with Crippen molar-refractivity contribution in [3.05, 3.63) is 0 Å². The van der Waals surface area contributed by atoms with E-state index in [0.29, 0.717) is 18.0 Å². The van der Waals surface area contributed by atoms with Gasteiger partial charge in [-0.1, -0.05) is 20.3 Å². The van der Waals surface area contributed by atoms with Gasteiger partial charge in [-0.15, -0.1) is 0 Å². The van der Waals surface area contributed by atoms with Gasteiger partial charge in [0, 0.05) is 25.2 Å². The summed E-state index contributed by atoms with van der Waals surface area (Å²) in [7, 11) is 0. The van der Waals surface area contributed by atoms with Crippen molar-refractivity contribution in [3.63, 3.8) is 0 Å². The number of likely N-dealkylation sites (tertiary alicyclic amines) is 1. The van der Waals surface area contributed by atoms with Crippen LogP contribution in [0.3, 0.4) is 0 Å². The van der Waals surface area contributed by atoms with Crippen LogP contribution < -0.4 is 5.32 Å². The first kappa shape index (κ1) is 14.8. The Kier molecular flexibility index (Phi) is 5.22. The van der Waals surface area contributed by atoms with E-state index in [1.54, 1.807) is 0 Å². The van der Waals surface area contributed by atoms with Crippen LogP contribution in [0.5, 0.6) is 0 Å². The Bertz CT molecular complexity index is 303. The van der Waals surface area contributed by atoms with E-state index in [1.165, 1.54) is 19.3 Å². The number of carboxylic acid groups (broad SMARTS) is 1. The van der Waals surface area contributed by atoms with Crippen LogP contribution in [0.25, 0.3) is 0 Å². The van der Waals surface area contributed by atoms with Crippen molar-refractivity contribution in [2.75, 3.05) is 19.6 Å². The molecular weight excluding hydrogens is 240 g/mol. The SMILES string of the molecule is CC(C)CCNC1CC(C(=O)O)CN(C2CCC2)C1. The normalized spacial score (nSPS) is 29.4. The predicted molar refractivity (Wildman–Crippen MR) is 76.2 cm³/mol. The van der Waals surface area contributed by atoms with Gasteiger partial charge in [0.1, 0.15) is 0 Å². The smallest absolute Gasteiger partial charge is 0.307 e. The molecule has 0 radical (unpaired) electrons. The van der Waals surface area contributed by atoms with E-state index in [-0.39, 0.29) is 5.92 Å². The highest BCUT2D eigenvalue weighted by molar-refractivity contribution is 5.70. The van der Waals surface area contributed by atoms with E-state index in [4.69, 9.17) is 0 Å². The first-order valence-electron chi connectivity index (χ1n) is 7.76. The fourth-order valence-electron chi connectivity index (χ4n) is 3.09. The standard InChI is InChI=1S/C15H28N2O2/c1-11(2)6-7-16-13-8-12(15(18)19)9-17(10-13)14-4-3-5-14/h11-14,16H,3-10H2,1-2H3,(H,18,19). The van der Waals surface area contributed by atoms with Crippen LogP contribution in [-0.4, -0.2) is 47.7 Å². The summed E-state index contributed by atoms with van der Waals surface area (Å²) in [5.41, 5.74) is 0. The number of nitrogens with zero attached hydrogens (tertiary/aromatic N) is 1. The number of nitrogens with one attached hydrogen (secondary N) is 1. The molecule has 1 saturated heterocycles. The van der Waals surface area contributed by atoms with Gasteiger partial charge in [-0.25, -0.2) is 0 Å². The summed E-state index contributed by atoms with van der Waals surface area (Å²) in [6, 6.07) is 1.01. The van der Waals surface area contributed by atoms with Gasteiger partial charge < -0.3 is 10.4 Å². The lowest BCUT2D eigenvalue weighted by molar-refractivity contribution is -0.144. The number of carboxylic acids is 1. The second-order valence-electron chi connectivity index (χ2n) is 6.64. The van der Waals surface area contributed by atoms with Crippen LogP contribution >= 0.6 is 0 Å². The van der Waals surface area contributed by atoms with E-state index in [2.05, 4.69) is 24.1 Å². The third-order valence-corrected chi connectivity index (χ3v) is 4.57. The predicted octanol–water partition coefficient (Wildman–Crippen LogP) is 1.95. The van der Waals surface area contributed by atoms with Crippen LogP contribution in [-0.2, 0) is 4.79 Å². The van der Waals surface area contributed by atoms with Gasteiger partial charge in [-0.05, 0) is 38.1 Å². The highest BCUT2D eigenvalue weighted by Gasteiger charge is 2.36. The van der Waals surface area contributed by atoms with Crippen LogP contribution in [0.15, 0.2) is 0 Å². The number of rotatable bonds is 6. The summed E-state index contributed by atoms with van der Waals surface area (Å²) >= 11 is 0. The maximum absolute atomic E-state index is 11.3. The Morgan fingerprint density at radius 3 is 2.63 bits per heavy atom. The molecule has 0 aromatic carbocycles. The molecule has 2 rings (SSSR count). The van der Waals surface area contributed by atoms with E-state index in [0.717, 1.165) is 32.5 Å². The molecule has 110 valence electrons. The van der Waals surface area contributed by atoms with Crippen molar-refractivity contribution in [3.8, 4) is 0 Å². The van der Waals surface area contributed by atoms with E-state index < -0.39 is 5.97 Å². The molecule has 2 N–H and O–H groups in total. The molecule has 2 atom stereocenters. The monoisotopic (exact) mass is 268 g/mol. The van der Waals surface area contributed by atoms with Gasteiger partial charge >= 0.3 is 5.97 Å². The van der Waals surface area contributed by atoms with Gasteiger partial charge in [0.25, 0.3) is 0 Å². The molecule has 0 aromatic heterocycles. The summed E-state index contributed by atoms with van der Waals surface area (Å²) in [5.74, 6) is -0.111. The van der Waals surface area contributed by atoms with Gasteiger partial charge in [-0.3, -0.25) is 9.69 Å². The van der Waals surface area contributed by atoms with Crippen molar-refractivity contribution < 1.29 is 9.90 Å². The molecule has 0 spiro atoms. The van der Waals surface area contributed by atoms with Crippen LogP contribution in [0, 0.1) is 11.8 Å². The topological polar surface area (TPSA) is 52.6 Å². The zero-order valence-electron chi connectivity index (χ0n) is 12.3. The minimum absolute atomic E-state index is 0.189. The molecule has 0 bridgehead atoms. The van der Waals surface area contributed by atoms with Crippen molar-refractivity contribution >= 4 is 5.97 Å². The summed E-state index contributed by atoms with van der Waals surface area (Å²) in [6.45, 7) is 7.24. The Morgan fingerprint density at radius 2 is 2.11 bits per heavy atom. The fraction of sp³-hybridized carbons (Fsp3) is 0.933. The minimum Gasteiger partial charge on any atom is -0.481 e. The van der Waals surface area contributed by atoms with Gasteiger partial charge in [-0.2, -0.15) is 0 Å². The molecule has 0 amide bonds. The Balaban J connectivity index is 1.84. The maximum atomic E-state index is 11.3. The number of aliphatic carboxylic acids is 1. The molecule has 1 aliphatic heterocycles. The second kappa shape index (κ2) is 6.71. The summed E-state index contributed by atoms with van der Waals surface area (Å²) in [5, 5.41) is 12.9. The molecule has 4 heteroatoms. The highest BCUT2D eigenvalue weighted by Crippen LogP contribution is 2.29. The molecule has 2 unspecified atom stereocenters. The highest BCUT2D eigenvalue weighted by atomic mass is 16.4. The second-order valence-corrected chi connectivity index (χ2v) is 6.64. The maximum Gasteiger partial charge on any atom is 0.307 e. The number of carbonyl (C=O) groups is 1. The van der Waals surface area contributed by atoms with Gasteiger partial charge in [0.15, 0.2) is 0 Å². The Hall–Kier alpha value is -0.610. The first-order chi connectivity index (χ1) is 9.06. The van der Waals surface area contributed by atoms with Crippen molar-refractivity contribution in [1.82, 2.24) is 10.2 Å². The van der Waals surface area contributed by atoms with Crippen LogP contribution in [0.4, 0.5) is 0 Å². The fourth-order valence-corrected chi connectivity index (χ4v) is 3.09. The third-order valence-electron chi connectivity index (χ3n) is 4.57. The van der Waals surface area contributed by atoms with E-state index >= 15 is 0 Å². The average molecular weight is 268 g/mol. The summed E-state index contributed by atoms with van der Waals surface area (Å²) in [4.78, 5) is 13.7. The van der Waals surface area contributed by atoms with E-state index in [9.17, 15) is 9.90 Å². The number of piperidine rings is 1. The number of hydrogen-bond acceptors (Lipinski definition) is 3. The average Bonchev–Trinajstić information content (AvgIpc) is 2.25. The zero-order chi connectivity index (χ0) is 13.8. The Morgan fingerprint density at radius 1 is 1.37 bits per heavy atom. The van der Waals surface area contributed by atoms with Crippen LogP contribution in [0.1, 0.15) is 46.0 Å². The minimum atomic E-state index is -0.625. The molecule has 0 aromatic rings. The van der Waals surface area contributed by atoms with Gasteiger partial charge in [0.05, 0.1) is 5.92 Å². The lowest BCUT2D eigenvalue weighted by Crippen LogP contribution is -2.55. The Labute approximate surface area is 116 Å². The van der Waals surface area contributed by atoms with E-state index in [1.807, 2.05) is 0 Å². The largest absolute Gasteiger partial charge is 0.481 e. The molecule has 2 fully saturated rings. The molecule has 4 nitrogen and oxygen atoms in total. The quantitative estimate of drug-likeness (QED) is 0.773. The molecular formula is C15H28N2O2. The summed E-state index contributed by atoms with van der Waals surface area (Å²) in [6.07, 6.45) is 5.77.